The molecule has 1 saturated carbocycles. The van der Waals surface area contributed by atoms with Gasteiger partial charge in [0.1, 0.15) is 0 Å². The monoisotopic (exact) mass is 360 g/mol. The maximum atomic E-state index is 12.6. The van der Waals surface area contributed by atoms with Crippen LogP contribution in [0.15, 0.2) is 12.1 Å². The van der Waals surface area contributed by atoms with Gasteiger partial charge >= 0.3 is 0 Å². The SMILES string of the molecule is CCCN(CC1CC1)C(=O)C[NH+](C)CC(=O)Nc1c(C)cc(C)cc1C. The fraction of sp³-hybridized carbons (Fsp3) is 0.619. The first-order valence-electron chi connectivity index (χ1n) is 9.77. The third kappa shape index (κ3) is 6.13. The summed E-state index contributed by atoms with van der Waals surface area (Å²) in [4.78, 5) is 27.9. The minimum atomic E-state index is -0.0467. The molecular weight excluding hydrogens is 326 g/mol. The molecule has 2 amide bonds. The van der Waals surface area contributed by atoms with Gasteiger partial charge in [-0.1, -0.05) is 24.6 Å². The Balaban J connectivity index is 1.87. The molecule has 2 N–H and O–H groups in total. The zero-order valence-electron chi connectivity index (χ0n) is 16.9. The van der Waals surface area contributed by atoms with Crippen molar-refractivity contribution in [2.45, 2.75) is 47.0 Å². The molecular formula is C21H34N3O2+. The van der Waals surface area contributed by atoms with Gasteiger partial charge in [0.2, 0.25) is 0 Å². The zero-order chi connectivity index (χ0) is 19.3. The molecule has 1 fully saturated rings. The molecule has 0 aliphatic heterocycles. The predicted octanol–water partition coefficient (Wildman–Crippen LogP) is 1.71. The second-order valence-corrected chi connectivity index (χ2v) is 7.92. The molecule has 0 spiro atoms. The van der Waals surface area contributed by atoms with Crippen molar-refractivity contribution in [3.8, 4) is 0 Å². The minimum absolute atomic E-state index is 0.0467. The van der Waals surface area contributed by atoms with Crippen LogP contribution in [0.3, 0.4) is 0 Å². The van der Waals surface area contributed by atoms with E-state index in [-0.39, 0.29) is 11.8 Å². The van der Waals surface area contributed by atoms with E-state index in [4.69, 9.17) is 0 Å². The summed E-state index contributed by atoms with van der Waals surface area (Å²) in [6.45, 7) is 10.5. The average molecular weight is 361 g/mol. The van der Waals surface area contributed by atoms with Crippen LogP contribution in [0.2, 0.25) is 0 Å². The van der Waals surface area contributed by atoms with Gasteiger partial charge in [0.15, 0.2) is 13.1 Å². The Morgan fingerprint density at radius 3 is 2.31 bits per heavy atom. The molecule has 1 aliphatic rings. The van der Waals surface area contributed by atoms with Gasteiger partial charge in [-0.3, -0.25) is 9.59 Å². The number of hydrogen-bond acceptors (Lipinski definition) is 2. The molecule has 1 atom stereocenters. The molecule has 5 nitrogen and oxygen atoms in total. The number of carbonyl (C=O) groups is 2. The average Bonchev–Trinajstić information content (AvgIpc) is 3.34. The quantitative estimate of drug-likeness (QED) is 0.704. The van der Waals surface area contributed by atoms with Crippen molar-refractivity contribution >= 4 is 17.5 Å². The number of aryl methyl sites for hydroxylation is 3. The minimum Gasteiger partial charge on any atom is -0.338 e. The Morgan fingerprint density at radius 1 is 1.15 bits per heavy atom. The van der Waals surface area contributed by atoms with E-state index < -0.39 is 0 Å². The van der Waals surface area contributed by atoms with Crippen molar-refractivity contribution < 1.29 is 14.5 Å². The van der Waals surface area contributed by atoms with Crippen molar-refractivity contribution in [2.75, 3.05) is 38.5 Å². The van der Waals surface area contributed by atoms with Crippen LogP contribution in [0.1, 0.15) is 42.9 Å². The number of rotatable bonds is 9. The number of amides is 2. The van der Waals surface area contributed by atoms with Crippen LogP contribution in [0, 0.1) is 26.7 Å². The molecule has 1 aliphatic carbocycles. The molecule has 144 valence electrons. The standard InChI is InChI=1S/C21H33N3O2/c1-6-9-24(12-18-7-8-18)20(26)14-23(5)13-19(25)22-21-16(3)10-15(2)11-17(21)4/h10-11,18H,6-9,12-14H2,1-5H3,(H,22,25)/p+1. The first-order chi connectivity index (χ1) is 12.3. The number of quaternary nitrogens is 1. The maximum absolute atomic E-state index is 12.6. The Hall–Kier alpha value is -1.88. The number of nitrogens with zero attached hydrogens (tertiary/aromatic N) is 1. The normalized spacial score (nSPS) is 14.8. The fourth-order valence-corrected chi connectivity index (χ4v) is 3.47. The van der Waals surface area contributed by atoms with Crippen LogP contribution < -0.4 is 10.2 Å². The van der Waals surface area contributed by atoms with Crippen molar-refractivity contribution in [3.63, 3.8) is 0 Å². The van der Waals surface area contributed by atoms with E-state index in [0.29, 0.717) is 19.0 Å². The number of likely N-dealkylation sites (N-methyl/N-ethyl adjacent to an activating group) is 1. The van der Waals surface area contributed by atoms with E-state index >= 15 is 0 Å². The van der Waals surface area contributed by atoms with Gasteiger partial charge in [-0.05, 0) is 57.1 Å². The van der Waals surface area contributed by atoms with Gasteiger partial charge in [0.05, 0.1) is 7.05 Å². The summed E-state index contributed by atoms with van der Waals surface area (Å²) < 4.78 is 0. The third-order valence-electron chi connectivity index (χ3n) is 4.88. The highest BCUT2D eigenvalue weighted by atomic mass is 16.2. The van der Waals surface area contributed by atoms with Crippen LogP contribution in [0.4, 0.5) is 5.69 Å². The van der Waals surface area contributed by atoms with Gasteiger partial charge in [0, 0.05) is 18.8 Å². The van der Waals surface area contributed by atoms with Gasteiger partial charge in [-0.15, -0.1) is 0 Å². The second-order valence-electron chi connectivity index (χ2n) is 7.92. The smallest absolute Gasteiger partial charge is 0.279 e. The maximum Gasteiger partial charge on any atom is 0.279 e. The number of anilines is 1. The lowest BCUT2D eigenvalue weighted by molar-refractivity contribution is -0.862. The predicted molar refractivity (Wildman–Crippen MR) is 105 cm³/mol. The summed E-state index contributed by atoms with van der Waals surface area (Å²) in [7, 11) is 1.91. The summed E-state index contributed by atoms with van der Waals surface area (Å²) in [6, 6.07) is 4.15. The number of carbonyl (C=O) groups excluding carboxylic acids is 2. The molecule has 26 heavy (non-hydrogen) atoms. The van der Waals surface area contributed by atoms with E-state index in [9.17, 15) is 9.59 Å². The third-order valence-corrected chi connectivity index (χ3v) is 4.88. The van der Waals surface area contributed by atoms with E-state index in [1.54, 1.807) is 0 Å². The summed E-state index contributed by atoms with van der Waals surface area (Å²) in [6.07, 6.45) is 3.46. The molecule has 2 rings (SSSR count). The Morgan fingerprint density at radius 2 is 1.77 bits per heavy atom. The summed E-state index contributed by atoms with van der Waals surface area (Å²) in [5.41, 5.74) is 4.23. The molecule has 0 saturated heterocycles. The molecule has 0 heterocycles. The van der Waals surface area contributed by atoms with Gasteiger partial charge < -0.3 is 15.1 Å². The molecule has 1 aromatic rings. The van der Waals surface area contributed by atoms with E-state index in [1.807, 2.05) is 25.8 Å². The topological polar surface area (TPSA) is 53.9 Å². The molecule has 0 bridgehead atoms. The molecule has 0 radical (unpaired) electrons. The van der Waals surface area contributed by atoms with Crippen molar-refractivity contribution in [1.82, 2.24) is 4.90 Å². The van der Waals surface area contributed by atoms with E-state index in [1.165, 1.54) is 18.4 Å². The lowest BCUT2D eigenvalue weighted by Gasteiger charge is -2.23. The number of nitrogens with one attached hydrogen (secondary N) is 2. The van der Waals surface area contributed by atoms with Gasteiger partial charge in [-0.25, -0.2) is 0 Å². The van der Waals surface area contributed by atoms with E-state index in [0.717, 1.165) is 41.2 Å². The van der Waals surface area contributed by atoms with Crippen LogP contribution in [-0.2, 0) is 9.59 Å². The fourth-order valence-electron chi connectivity index (χ4n) is 3.47. The Bertz CT molecular complexity index is 630. The number of benzene rings is 1. The molecule has 1 unspecified atom stereocenters. The van der Waals surface area contributed by atoms with Crippen LogP contribution in [-0.4, -0.2) is 49.9 Å². The molecule has 1 aromatic carbocycles. The van der Waals surface area contributed by atoms with Crippen molar-refractivity contribution in [2.24, 2.45) is 5.92 Å². The Labute approximate surface area is 157 Å². The van der Waals surface area contributed by atoms with Crippen LogP contribution >= 0.6 is 0 Å². The summed E-state index contributed by atoms with van der Waals surface area (Å²) in [5, 5.41) is 3.02. The van der Waals surface area contributed by atoms with Crippen molar-refractivity contribution in [3.05, 3.63) is 28.8 Å². The lowest BCUT2D eigenvalue weighted by Crippen LogP contribution is -3.11. The van der Waals surface area contributed by atoms with Crippen LogP contribution in [0.5, 0.6) is 0 Å². The first kappa shape index (κ1) is 20.4. The summed E-state index contributed by atoms with van der Waals surface area (Å²) in [5.74, 6) is 0.808. The Kier molecular flexibility index (Phi) is 7.21. The van der Waals surface area contributed by atoms with Gasteiger partial charge in [0.25, 0.3) is 11.8 Å². The molecule has 0 aromatic heterocycles. The highest BCUT2D eigenvalue weighted by Gasteiger charge is 2.27. The van der Waals surface area contributed by atoms with Crippen LogP contribution in [0.25, 0.3) is 0 Å². The highest BCUT2D eigenvalue weighted by molar-refractivity contribution is 5.93. The first-order valence-corrected chi connectivity index (χ1v) is 9.77. The lowest BCUT2D eigenvalue weighted by atomic mass is 10.1. The summed E-state index contributed by atoms with van der Waals surface area (Å²) >= 11 is 0. The highest BCUT2D eigenvalue weighted by Crippen LogP contribution is 2.29. The largest absolute Gasteiger partial charge is 0.338 e. The van der Waals surface area contributed by atoms with E-state index in [2.05, 4.69) is 31.3 Å². The molecule has 5 heteroatoms. The zero-order valence-corrected chi connectivity index (χ0v) is 16.9. The van der Waals surface area contributed by atoms with Gasteiger partial charge in [-0.2, -0.15) is 0 Å². The van der Waals surface area contributed by atoms with Crippen molar-refractivity contribution in [1.29, 1.82) is 0 Å². The second kappa shape index (κ2) is 9.17. The number of hydrogen-bond donors (Lipinski definition) is 2.